The number of quaternary nitrogens is 1. The van der Waals surface area contributed by atoms with Gasteiger partial charge in [0.2, 0.25) is 5.91 Å². The zero-order chi connectivity index (χ0) is 22.6. The Bertz CT molecular complexity index is 678. The first-order valence-corrected chi connectivity index (χ1v) is 10.4. The van der Waals surface area contributed by atoms with Crippen LogP contribution in [0.5, 0.6) is 0 Å². The standard InChI is InChI=1S/C22H34F2N2O4/c1-26(2,3)15-18(14-22(28)29)25-21(27)9-7-5-4-6-8-12-30-16-17-10-11-19(23)20(24)13-17/h10-11,13,18H,4-9,12,14-16H2,1-3H3,(H-,25,27,28,29)/p+1/t18-/m1/s1. The van der Waals surface area contributed by atoms with Crippen molar-refractivity contribution in [2.24, 2.45) is 0 Å². The first-order valence-electron chi connectivity index (χ1n) is 10.4. The Kier molecular flexibility index (Phi) is 11.5. The quantitative estimate of drug-likeness (QED) is 0.331. The van der Waals surface area contributed by atoms with Gasteiger partial charge in [0.05, 0.1) is 46.8 Å². The molecule has 0 fully saturated rings. The van der Waals surface area contributed by atoms with E-state index < -0.39 is 17.6 Å². The molecule has 0 spiro atoms. The summed E-state index contributed by atoms with van der Waals surface area (Å²) in [5.41, 5.74) is 0.603. The Labute approximate surface area is 177 Å². The molecule has 1 aromatic rings. The van der Waals surface area contributed by atoms with Crippen LogP contribution in [-0.2, 0) is 20.9 Å². The lowest BCUT2D eigenvalue weighted by Crippen LogP contribution is -2.49. The van der Waals surface area contributed by atoms with Crippen LogP contribution in [0.1, 0.15) is 50.5 Å². The van der Waals surface area contributed by atoms with E-state index >= 15 is 0 Å². The zero-order valence-corrected chi connectivity index (χ0v) is 18.3. The number of benzene rings is 1. The number of ether oxygens (including phenoxy) is 1. The van der Waals surface area contributed by atoms with Crippen LogP contribution in [-0.4, -0.2) is 61.8 Å². The second kappa shape index (κ2) is 13.3. The van der Waals surface area contributed by atoms with Gasteiger partial charge in [-0.2, -0.15) is 0 Å². The average Bonchev–Trinajstić information content (AvgIpc) is 2.61. The van der Waals surface area contributed by atoms with Crippen molar-refractivity contribution in [2.45, 2.75) is 57.6 Å². The van der Waals surface area contributed by atoms with Crippen molar-refractivity contribution in [1.29, 1.82) is 0 Å². The minimum Gasteiger partial charge on any atom is -0.481 e. The number of carbonyl (C=O) groups is 2. The lowest BCUT2D eigenvalue weighted by Gasteiger charge is -2.29. The Morgan fingerprint density at radius 1 is 1.07 bits per heavy atom. The van der Waals surface area contributed by atoms with Crippen LogP contribution in [0, 0.1) is 11.6 Å². The highest BCUT2D eigenvalue weighted by Gasteiger charge is 2.22. The fourth-order valence-electron chi connectivity index (χ4n) is 3.17. The van der Waals surface area contributed by atoms with E-state index in [-0.39, 0.29) is 25.0 Å². The van der Waals surface area contributed by atoms with Crippen LogP contribution < -0.4 is 5.32 Å². The summed E-state index contributed by atoms with van der Waals surface area (Å²) in [5.74, 6) is -2.75. The van der Waals surface area contributed by atoms with E-state index in [2.05, 4.69) is 5.32 Å². The van der Waals surface area contributed by atoms with Gasteiger partial charge in [0.1, 0.15) is 0 Å². The number of aliphatic carboxylic acids is 1. The van der Waals surface area contributed by atoms with Crippen LogP contribution in [0.2, 0.25) is 0 Å². The predicted molar refractivity (Wildman–Crippen MR) is 111 cm³/mol. The molecule has 0 bridgehead atoms. The molecule has 1 rings (SSSR count). The highest BCUT2D eigenvalue weighted by atomic mass is 19.2. The van der Waals surface area contributed by atoms with Crippen molar-refractivity contribution >= 4 is 11.9 Å². The van der Waals surface area contributed by atoms with Crippen LogP contribution in [0.25, 0.3) is 0 Å². The SMILES string of the molecule is C[N+](C)(C)C[C@@H](CC(=O)O)NC(=O)CCCCCCCOCc1ccc(F)c(F)c1. The molecule has 1 atom stereocenters. The largest absolute Gasteiger partial charge is 0.481 e. The molecule has 0 aliphatic carbocycles. The number of rotatable bonds is 15. The second-order valence-electron chi connectivity index (χ2n) is 8.65. The second-order valence-corrected chi connectivity index (χ2v) is 8.65. The van der Waals surface area contributed by atoms with Crippen molar-refractivity contribution in [3.05, 3.63) is 35.4 Å². The monoisotopic (exact) mass is 429 g/mol. The van der Waals surface area contributed by atoms with Crippen LogP contribution in [0.3, 0.4) is 0 Å². The van der Waals surface area contributed by atoms with E-state index in [4.69, 9.17) is 9.84 Å². The third-order valence-electron chi connectivity index (χ3n) is 4.50. The van der Waals surface area contributed by atoms with Crippen LogP contribution >= 0.6 is 0 Å². The third kappa shape index (κ3) is 12.5. The molecular formula is C22H35F2N2O4+. The van der Waals surface area contributed by atoms with Gasteiger partial charge >= 0.3 is 5.97 Å². The topological polar surface area (TPSA) is 75.6 Å². The number of carboxylic acid groups (broad SMARTS) is 1. The number of unbranched alkanes of at least 4 members (excludes halogenated alkanes) is 4. The Hall–Kier alpha value is -2.06. The Balaban J connectivity index is 2.10. The Morgan fingerprint density at radius 2 is 1.73 bits per heavy atom. The van der Waals surface area contributed by atoms with Gasteiger partial charge in [0, 0.05) is 13.0 Å². The number of likely N-dealkylation sites (N-methyl/N-ethyl adjacent to an activating group) is 1. The van der Waals surface area contributed by atoms with Gasteiger partial charge in [-0.3, -0.25) is 9.59 Å². The minimum absolute atomic E-state index is 0.0776. The Morgan fingerprint density at radius 3 is 2.37 bits per heavy atom. The molecule has 0 saturated heterocycles. The van der Waals surface area contributed by atoms with Gasteiger partial charge in [0.15, 0.2) is 11.6 Å². The first kappa shape index (κ1) is 26.0. The third-order valence-corrected chi connectivity index (χ3v) is 4.50. The van der Waals surface area contributed by atoms with E-state index in [0.29, 0.717) is 29.6 Å². The van der Waals surface area contributed by atoms with Gasteiger partial charge in [-0.25, -0.2) is 8.78 Å². The number of nitrogens with zero attached hydrogens (tertiary/aromatic N) is 1. The molecule has 170 valence electrons. The number of hydrogen-bond acceptors (Lipinski definition) is 3. The van der Waals surface area contributed by atoms with Gasteiger partial charge in [-0.15, -0.1) is 0 Å². The molecule has 0 unspecified atom stereocenters. The molecule has 0 aliphatic heterocycles. The number of halogens is 2. The molecule has 1 amide bonds. The molecule has 30 heavy (non-hydrogen) atoms. The van der Waals surface area contributed by atoms with Crippen molar-refractivity contribution in [2.75, 3.05) is 34.3 Å². The van der Waals surface area contributed by atoms with Crippen molar-refractivity contribution in [1.82, 2.24) is 5.32 Å². The first-order chi connectivity index (χ1) is 14.1. The van der Waals surface area contributed by atoms with E-state index in [1.807, 2.05) is 21.1 Å². The number of nitrogens with one attached hydrogen (secondary N) is 1. The fourth-order valence-corrected chi connectivity index (χ4v) is 3.17. The smallest absolute Gasteiger partial charge is 0.305 e. The zero-order valence-electron chi connectivity index (χ0n) is 18.3. The van der Waals surface area contributed by atoms with E-state index in [0.717, 1.165) is 44.2 Å². The molecule has 6 nitrogen and oxygen atoms in total. The summed E-state index contributed by atoms with van der Waals surface area (Å²) in [6.45, 7) is 1.35. The molecular weight excluding hydrogens is 394 g/mol. The van der Waals surface area contributed by atoms with E-state index in [1.54, 1.807) is 0 Å². The molecule has 1 aromatic carbocycles. The summed E-state index contributed by atoms with van der Waals surface area (Å²) in [4.78, 5) is 23.1. The summed E-state index contributed by atoms with van der Waals surface area (Å²) < 4.78 is 32.0. The van der Waals surface area contributed by atoms with Crippen molar-refractivity contribution in [3.8, 4) is 0 Å². The summed E-state index contributed by atoms with van der Waals surface area (Å²) >= 11 is 0. The van der Waals surface area contributed by atoms with Crippen LogP contribution in [0.15, 0.2) is 18.2 Å². The maximum atomic E-state index is 13.1. The molecule has 0 aromatic heterocycles. The molecule has 8 heteroatoms. The maximum absolute atomic E-state index is 13.1. The highest BCUT2D eigenvalue weighted by molar-refractivity contribution is 5.77. The molecule has 0 saturated carbocycles. The van der Waals surface area contributed by atoms with Gasteiger partial charge in [-0.1, -0.05) is 25.3 Å². The number of carboxylic acids is 1. The summed E-state index contributed by atoms with van der Waals surface area (Å²) in [7, 11) is 5.88. The van der Waals surface area contributed by atoms with Crippen molar-refractivity contribution < 1.29 is 32.7 Å². The average molecular weight is 430 g/mol. The maximum Gasteiger partial charge on any atom is 0.305 e. The van der Waals surface area contributed by atoms with Crippen molar-refractivity contribution in [3.63, 3.8) is 0 Å². The number of amides is 1. The normalized spacial score (nSPS) is 12.6. The van der Waals surface area contributed by atoms with Gasteiger partial charge < -0.3 is 19.6 Å². The number of carbonyl (C=O) groups excluding carboxylic acids is 1. The molecule has 2 N–H and O–H groups in total. The lowest BCUT2D eigenvalue weighted by atomic mass is 10.1. The summed E-state index contributed by atoms with van der Waals surface area (Å²) in [6, 6.07) is 3.37. The van der Waals surface area contributed by atoms with Gasteiger partial charge in [-0.05, 0) is 30.5 Å². The molecule has 0 radical (unpaired) electrons. The molecule has 0 heterocycles. The molecule has 0 aliphatic rings. The summed E-state index contributed by atoms with van der Waals surface area (Å²) in [6.07, 6.45) is 4.77. The van der Waals surface area contributed by atoms with E-state index in [1.165, 1.54) is 6.07 Å². The predicted octanol–water partition coefficient (Wildman–Crippen LogP) is 3.49. The van der Waals surface area contributed by atoms with E-state index in [9.17, 15) is 18.4 Å². The van der Waals surface area contributed by atoms with Crippen LogP contribution in [0.4, 0.5) is 8.78 Å². The highest BCUT2D eigenvalue weighted by Crippen LogP contribution is 2.11. The minimum atomic E-state index is -0.916. The van der Waals surface area contributed by atoms with Gasteiger partial charge in [0.25, 0.3) is 0 Å². The fraction of sp³-hybridized carbons (Fsp3) is 0.636. The summed E-state index contributed by atoms with van der Waals surface area (Å²) in [5, 5.41) is 11.9. The lowest BCUT2D eigenvalue weighted by molar-refractivity contribution is -0.871. The number of hydrogen-bond donors (Lipinski definition) is 2.